The van der Waals surface area contributed by atoms with Crippen LogP contribution >= 0.6 is 11.3 Å². The van der Waals surface area contributed by atoms with E-state index in [-0.39, 0.29) is 11.0 Å². The third-order valence-corrected chi connectivity index (χ3v) is 5.34. The van der Waals surface area contributed by atoms with Gasteiger partial charge in [0.05, 0.1) is 26.2 Å². The molecule has 1 aromatic heterocycles. The number of fused-ring (bicyclic) bond motifs is 1. The van der Waals surface area contributed by atoms with Crippen LogP contribution in [0.1, 0.15) is 18.9 Å². The zero-order valence-corrected chi connectivity index (χ0v) is 15.2. The summed E-state index contributed by atoms with van der Waals surface area (Å²) < 4.78 is 30.6. The molecular formula is C17H18N2O3S2. The summed E-state index contributed by atoms with van der Waals surface area (Å²) in [6.07, 6.45) is 0.0699. The molecule has 0 unspecified atom stereocenters. The van der Waals surface area contributed by atoms with E-state index in [1.165, 1.54) is 11.3 Å². The molecule has 0 aliphatic rings. The lowest BCUT2D eigenvalue weighted by atomic mass is 10.0. The van der Waals surface area contributed by atoms with Crippen LogP contribution in [-0.2, 0) is 10.0 Å². The third kappa shape index (κ3) is 3.28. The van der Waals surface area contributed by atoms with Crippen LogP contribution < -0.4 is 9.88 Å². The molecule has 0 amide bonds. The van der Waals surface area contributed by atoms with E-state index in [0.717, 1.165) is 21.0 Å². The lowest BCUT2D eigenvalue weighted by molar-refractivity contribution is 0.242. The van der Waals surface area contributed by atoms with Crippen molar-refractivity contribution in [3.05, 3.63) is 41.4 Å². The van der Waals surface area contributed by atoms with E-state index in [2.05, 4.69) is 4.98 Å². The molecule has 0 saturated carbocycles. The van der Waals surface area contributed by atoms with Crippen molar-refractivity contribution in [3.63, 3.8) is 0 Å². The molecule has 0 aliphatic carbocycles. The second-order valence-electron chi connectivity index (χ2n) is 5.75. The zero-order valence-electron chi connectivity index (χ0n) is 13.6. The van der Waals surface area contributed by atoms with E-state index < -0.39 is 10.0 Å². The van der Waals surface area contributed by atoms with E-state index >= 15 is 0 Å². The van der Waals surface area contributed by atoms with Gasteiger partial charge in [-0.25, -0.2) is 18.5 Å². The van der Waals surface area contributed by atoms with Gasteiger partial charge in [0.25, 0.3) is 0 Å². The molecule has 0 spiro atoms. The minimum Gasteiger partial charge on any atom is -0.491 e. The Labute approximate surface area is 145 Å². The van der Waals surface area contributed by atoms with Crippen LogP contribution in [-0.4, -0.2) is 19.5 Å². The summed E-state index contributed by atoms with van der Waals surface area (Å²) in [6, 6.07) is 10.6. The van der Waals surface area contributed by atoms with Gasteiger partial charge in [0.15, 0.2) is 0 Å². The van der Waals surface area contributed by atoms with Crippen molar-refractivity contribution in [2.24, 2.45) is 5.14 Å². The quantitative estimate of drug-likeness (QED) is 0.767. The fraction of sp³-hybridized carbons (Fsp3) is 0.235. The highest BCUT2D eigenvalue weighted by molar-refractivity contribution is 7.89. The first-order valence-electron chi connectivity index (χ1n) is 7.46. The molecule has 2 N–H and O–H groups in total. The van der Waals surface area contributed by atoms with E-state index in [1.54, 1.807) is 12.1 Å². The molecule has 3 aromatic rings. The van der Waals surface area contributed by atoms with E-state index in [1.807, 2.05) is 45.0 Å². The molecule has 0 fully saturated rings. The zero-order chi connectivity index (χ0) is 17.5. The molecule has 24 heavy (non-hydrogen) atoms. The van der Waals surface area contributed by atoms with E-state index in [4.69, 9.17) is 9.88 Å². The van der Waals surface area contributed by atoms with Crippen LogP contribution in [0.25, 0.3) is 21.3 Å². The predicted molar refractivity (Wildman–Crippen MR) is 96.9 cm³/mol. The second kappa shape index (κ2) is 6.16. The number of thiazole rings is 1. The number of rotatable bonds is 4. The highest BCUT2D eigenvalue weighted by Crippen LogP contribution is 2.36. The molecule has 3 rings (SSSR count). The number of nitrogens with two attached hydrogens (primary N) is 1. The minimum atomic E-state index is -3.86. The number of aromatic nitrogens is 1. The Hall–Kier alpha value is -1.96. The Morgan fingerprint density at radius 1 is 1.12 bits per heavy atom. The summed E-state index contributed by atoms with van der Waals surface area (Å²) in [5.74, 6) is 0.729. The summed E-state index contributed by atoms with van der Waals surface area (Å²) in [6.45, 7) is 5.79. The molecular weight excluding hydrogens is 344 g/mol. The van der Waals surface area contributed by atoms with Crippen molar-refractivity contribution >= 4 is 31.6 Å². The molecule has 0 atom stereocenters. The number of primary sulfonamides is 1. The molecule has 5 nitrogen and oxygen atoms in total. The van der Waals surface area contributed by atoms with Gasteiger partial charge in [0.2, 0.25) is 10.0 Å². The number of sulfonamides is 1. The Bertz CT molecular complexity index is 991. The Morgan fingerprint density at radius 3 is 2.38 bits per heavy atom. The van der Waals surface area contributed by atoms with Crippen LogP contribution in [0, 0.1) is 6.92 Å². The molecule has 0 aliphatic heterocycles. The number of nitrogens with zero attached hydrogens (tertiary/aromatic N) is 1. The fourth-order valence-electron chi connectivity index (χ4n) is 2.57. The summed E-state index contributed by atoms with van der Waals surface area (Å²) in [5, 5.41) is 6.28. The summed E-state index contributed by atoms with van der Waals surface area (Å²) >= 11 is 1.52. The van der Waals surface area contributed by atoms with Crippen LogP contribution in [0.4, 0.5) is 0 Å². The van der Waals surface area contributed by atoms with Crippen molar-refractivity contribution in [2.75, 3.05) is 0 Å². The van der Waals surface area contributed by atoms with Gasteiger partial charge in [-0.15, -0.1) is 11.3 Å². The van der Waals surface area contributed by atoms with Crippen molar-refractivity contribution in [3.8, 4) is 16.9 Å². The maximum atomic E-state index is 12.0. The Kier molecular flexibility index (Phi) is 4.33. The SMILES string of the molecule is Cc1nc2c(-c3ccc(OC(C)C)cc3)c(S(N)(=O)=O)ccc2s1. The third-order valence-electron chi connectivity index (χ3n) is 3.45. The number of ether oxygens (including phenoxy) is 1. The largest absolute Gasteiger partial charge is 0.491 e. The first-order valence-corrected chi connectivity index (χ1v) is 9.82. The van der Waals surface area contributed by atoms with E-state index in [9.17, 15) is 8.42 Å². The average molecular weight is 362 g/mol. The maximum Gasteiger partial charge on any atom is 0.238 e. The highest BCUT2D eigenvalue weighted by Gasteiger charge is 2.20. The van der Waals surface area contributed by atoms with E-state index in [0.29, 0.717) is 11.1 Å². The lowest BCUT2D eigenvalue weighted by Gasteiger charge is -2.12. The van der Waals surface area contributed by atoms with Crippen LogP contribution in [0.3, 0.4) is 0 Å². The van der Waals surface area contributed by atoms with Crippen LogP contribution in [0.2, 0.25) is 0 Å². The lowest BCUT2D eigenvalue weighted by Crippen LogP contribution is -2.13. The van der Waals surface area contributed by atoms with Gasteiger partial charge in [0, 0.05) is 5.56 Å². The second-order valence-corrected chi connectivity index (χ2v) is 8.52. The van der Waals surface area contributed by atoms with Gasteiger partial charge >= 0.3 is 0 Å². The minimum absolute atomic E-state index is 0.0699. The van der Waals surface area contributed by atoms with Crippen molar-refractivity contribution in [2.45, 2.75) is 31.8 Å². The first-order chi connectivity index (χ1) is 11.3. The smallest absolute Gasteiger partial charge is 0.238 e. The average Bonchev–Trinajstić information content (AvgIpc) is 2.85. The van der Waals surface area contributed by atoms with Crippen LogP contribution in [0.15, 0.2) is 41.3 Å². The monoisotopic (exact) mass is 362 g/mol. The van der Waals surface area contributed by atoms with Gasteiger partial charge < -0.3 is 4.74 Å². The van der Waals surface area contributed by atoms with Crippen molar-refractivity contribution < 1.29 is 13.2 Å². The van der Waals surface area contributed by atoms with Crippen molar-refractivity contribution in [1.29, 1.82) is 0 Å². The molecule has 1 heterocycles. The van der Waals surface area contributed by atoms with Gasteiger partial charge in [-0.1, -0.05) is 12.1 Å². The molecule has 126 valence electrons. The highest BCUT2D eigenvalue weighted by atomic mass is 32.2. The van der Waals surface area contributed by atoms with Gasteiger partial charge in [-0.2, -0.15) is 0 Å². The topological polar surface area (TPSA) is 82.3 Å². The molecule has 0 radical (unpaired) electrons. The maximum absolute atomic E-state index is 12.0. The van der Waals surface area contributed by atoms with Gasteiger partial charge in [-0.3, -0.25) is 0 Å². The summed E-state index contributed by atoms with van der Waals surface area (Å²) in [7, 11) is -3.86. The molecule has 2 aromatic carbocycles. The summed E-state index contributed by atoms with van der Waals surface area (Å²) in [5.41, 5.74) is 1.93. The van der Waals surface area contributed by atoms with Gasteiger partial charge in [-0.05, 0) is 50.6 Å². The standard InChI is InChI=1S/C17H18N2O3S2/c1-10(2)22-13-6-4-12(5-7-13)16-15(24(18,20)21)9-8-14-17(16)19-11(3)23-14/h4-10H,1-3H3,(H2,18,20,21). The number of hydrogen-bond acceptors (Lipinski definition) is 5. The van der Waals surface area contributed by atoms with Crippen LogP contribution in [0.5, 0.6) is 5.75 Å². The van der Waals surface area contributed by atoms with Crippen molar-refractivity contribution in [1.82, 2.24) is 4.98 Å². The Balaban J connectivity index is 2.23. The fourth-order valence-corrected chi connectivity index (χ4v) is 4.17. The number of hydrogen-bond donors (Lipinski definition) is 1. The van der Waals surface area contributed by atoms with Gasteiger partial charge in [0.1, 0.15) is 5.75 Å². The normalized spacial score (nSPS) is 12.0. The molecule has 0 bridgehead atoms. The Morgan fingerprint density at radius 2 is 1.79 bits per heavy atom. The number of aryl methyl sites for hydroxylation is 1. The predicted octanol–water partition coefficient (Wildman–Crippen LogP) is 3.71. The summed E-state index contributed by atoms with van der Waals surface area (Å²) in [4.78, 5) is 4.58. The molecule has 0 saturated heterocycles. The first kappa shape index (κ1) is 16.9. The molecule has 7 heteroatoms. The number of benzene rings is 2.